The summed E-state index contributed by atoms with van der Waals surface area (Å²) in [7, 11) is 1.56. The van der Waals surface area contributed by atoms with E-state index in [1.807, 2.05) is 0 Å². The van der Waals surface area contributed by atoms with E-state index in [0.717, 1.165) is 30.8 Å². The van der Waals surface area contributed by atoms with Gasteiger partial charge in [0.2, 0.25) is 0 Å². The third-order valence-corrected chi connectivity index (χ3v) is 5.19. The molecule has 0 aliphatic heterocycles. The molecular weight excluding hydrogens is 412 g/mol. The predicted molar refractivity (Wildman–Crippen MR) is 125 cm³/mol. The first-order chi connectivity index (χ1) is 15.4. The quantitative estimate of drug-likeness (QED) is 0.450. The molecule has 0 radical (unpaired) electrons. The molecule has 0 heterocycles. The van der Waals surface area contributed by atoms with E-state index in [0.29, 0.717) is 23.5 Å². The van der Waals surface area contributed by atoms with Gasteiger partial charge in [0.05, 0.1) is 12.8 Å². The zero-order chi connectivity index (χ0) is 23.1. The van der Waals surface area contributed by atoms with Crippen molar-refractivity contribution in [3.05, 3.63) is 83.4 Å². The Morgan fingerprint density at radius 1 is 0.938 bits per heavy atom. The van der Waals surface area contributed by atoms with Gasteiger partial charge in [-0.15, -0.1) is 0 Å². The van der Waals surface area contributed by atoms with Crippen molar-refractivity contribution in [1.29, 1.82) is 0 Å². The summed E-state index contributed by atoms with van der Waals surface area (Å²) in [6.45, 7) is 6.69. The molecule has 0 saturated heterocycles. The van der Waals surface area contributed by atoms with Gasteiger partial charge in [0.1, 0.15) is 5.75 Å². The standard InChI is InChI=1S/C25H27F2N3O2/c1-4-30(5-2)20-10-6-17(7-11-20)16-28-23-14-18(8-13-24(23)32-3)25(31)29-19-9-12-21(26)22(27)15-19/h6-15,28H,4-5,16H2,1-3H3,(H,29,31). The van der Waals surface area contributed by atoms with Crippen LogP contribution in [-0.2, 0) is 6.54 Å². The molecule has 0 aliphatic rings. The summed E-state index contributed by atoms with van der Waals surface area (Å²) in [5, 5.41) is 5.88. The number of methoxy groups -OCH3 is 1. The van der Waals surface area contributed by atoms with E-state index in [9.17, 15) is 13.6 Å². The van der Waals surface area contributed by atoms with Gasteiger partial charge in [-0.25, -0.2) is 8.78 Å². The zero-order valence-corrected chi connectivity index (χ0v) is 18.4. The van der Waals surface area contributed by atoms with Crippen LogP contribution in [0.3, 0.4) is 0 Å². The van der Waals surface area contributed by atoms with Crippen molar-refractivity contribution in [1.82, 2.24) is 0 Å². The lowest BCUT2D eigenvalue weighted by Crippen LogP contribution is -2.21. The van der Waals surface area contributed by atoms with Crippen LogP contribution in [0, 0.1) is 11.6 Å². The fourth-order valence-corrected chi connectivity index (χ4v) is 3.38. The van der Waals surface area contributed by atoms with Gasteiger partial charge in [-0.05, 0) is 61.9 Å². The van der Waals surface area contributed by atoms with Crippen LogP contribution in [0.1, 0.15) is 29.8 Å². The van der Waals surface area contributed by atoms with Gasteiger partial charge >= 0.3 is 0 Å². The van der Waals surface area contributed by atoms with Crippen LogP contribution in [0.2, 0.25) is 0 Å². The number of benzene rings is 3. The first kappa shape index (κ1) is 23.1. The van der Waals surface area contributed by atoms with Gasteiger partial charge in [-0.2, -0.15) is 0 Å². The molecule has 0 bridgehead atoms. The van der Waals surface area contributed by atoms with Gasteiger partial charge < -0.3 is 20.3 Å². The number of amides is 1. The van der Waals surface area contributed by atoms with Gasteiger partial charge in [0.15, 0.2) is 11.6 Å². The molecule has 1 amide bonds. The van der Waals surface area contributed by atoms with Gasteiger partial charge in [-0.1, -0.05) is 12.1 Å². The molecular formula is C25H27F2N3O2. The largest absolute Gasteiger partial charge is 0.495 e. The molecule has 7 heteroatoms. The summed E-state index contributed by atoms with van der Waals surface area (Å²) in [6, 6.07) is 16.5. The molecule has 0 atom stereocenters. The summed E-state index contributed by atoms with van der Waals surface area (Å²) in [6.07, 6.45) is 0. The van der Waals surface area contributed by atoms with E-state index in [4.69, 9.17) is 4.74 Å². The monoisotopic (exact) mass is 439 g/mol. The maximum atomic E-state index is 13.4. The molecule has 2 N–H and O–H groups in total. The third-order valence-electron chi connectivity index (χ3n) is 5.19. The predicted octanol–water partition coefficient (Wildman–Crippen LogP) is 5.68. The minimum atomic E-state index is -1.02. The first-order valence-electron chi connectivity index (χ1n) is 10.5. The van der Waals surface area contributed by atoms with Crippen molar-refractivity contribution in [2.45, 2.75) is 20.4 Å². The molecule has 0 spiro atoms. The summed E-state index contributed by atoms with van der Waals surface area (Å²) < 4.78 is 31.9. The number of ether oxygens (including phenoxy) is 1. The minimum absolute atomic E-state index is 0.174. The van der Waals surface area contributed by atoms with Gasteiger partial charge in [0, 0.05) is 42.6 Å². The van der Waals surface area contributed by atoms with Crippen LogP contribution in [-0.4, -0.2) is 26.1 Å². The lowest BCUT2D eigenvalue weighted by molar-refractivity contribution is 0.102. The van der Waals surface area contributed by atoms with Crippen LogP contribution in [0.5, 0.6) is 5.75 Å². The summed E-state index contributed by atoms with van der Waals surface area (Å²) >= 11 is 0. The van der Waals surface area contributed by atoms with E-state index >= 15 is 0 Å². The highest BCUT2D eigenvalue weighted by molar-refractivity contribution is 6.05. The molecule has 0 unspecified atom stereocenters. The van der Waals surface area contributed by atoms with Crippen LogP contribution in [0.4, 0.5) is 25.8 Å². The van der Waals surface area contributed by atoms with Crippen molar-refractivity contribution < 1.29 is 18.3 Å². The normalized spacial score (nSPS) is 10.5. The van der Waals surface area contributed by atoms with E-state index in [1.54, 1.807) is 25.3 Å². The van der Waals surface area contributed by atoms with Crippen molar-refractivity contribution in [2.75, 3.05) is 35.7 Å². The Morgan fingerprint density at radius 2 is 1.66 bits per heavy atom. The second-order valence-electron chi connectivity index (χ2n) is 7.19. The van der Waals surface area contributed by atoms with E-state index in [-0.39, 0.29) is 5.69 Å². The van der Waals surface area contributed by atoms with E-state index < -0.39 is 17.5 Å². The van der Waals surface area contributed by atoms with E-state index in [1.165, 1.54) is 11.8 Å². The Morgan fingerprint density at radius 3 is 2.28 bits per heavy atom. The van der Waals surface area contributed by atoms with Crippen LogP contribution in [0.25, 0.3) is 0 Å². The Bertz CT molecular complexity index is 1070. The SMILES string of the molecule is CCN(CC)c1ccc(CNc2cc(C(=O)Nc3ccc(F)c(F)c3)ccc2OC)cc1. The van der Waals surface area contributed by atoms with E-state index in [2.05, 4.69) is 53.6 Å². The minimum Gasteiger partial charge on any atom is -0.495 e. The molecule has 3 rings (SSSR count). The fraction of sp³-hybridized carbons (Fsp3) is 0.240. The second kappa shape index (κ2) is 10.6. The number of halogens is 2. The average Bonchev–Trinajstić information content (AvgIpc) is 2.81. The molecule has 0 saturated carbocycles. The first-order valence-corrected chi connectivity index (χ1v) is 10.5. The maximum absolute atomic E-state index is 13.4. The Balaban J connectivity index is 1.71. The number of nitrogens with one attached hydrogen (secondary N) is 2. The number of carbonyl (C=O) groups excluding carboxylic acids is 1. The highest BCUT2D eigenvalue weighted by atomic mass is 19.2. The third kappa shape index (κ3) is 5.55. The number of rotatable bonds is 9. The second-order valence-corrected chi connectivity index (χ2v) is 7.19. The summed E-state index contributed by atoms with van der Waals surface area (Å²) in [5.41, 5.74) is 3.44. The van der Waals surface area contributed by atoms with Gasteiger partial charge in [-0.3, -0.25) is 4.79 Å². The van der Waals surface area contributed by atoms with Crippen molar-refractivity contribution in [2.24, 2.45) is 0 Å². The summed E-state index contributed by atoms with van der Waals surface area (Å²) in [4.78, 5) is 14.9. The highest BCUT2D eigenvalue weighted by Crippen LogP contribution is 2.27. The molecule has 0 fully saturated rings. The Labute approximate surface area is 187 Å². The maximum Gasteiger partial charge on any atom is 0.255 e. The van der Waals surface area contributed by atoms with Crippen molar-refractivity contribution in [3.63, 3.8) is 0 Å². The smallest absolute Gasteiger partial charge is 0.255 e. The number of carbonyl (C=O) groups is 1. The Kier molecular flexibility index (Phi) is 7.65. The Hall–Kier alpha value is -3.61. The van der Waals surface area contributed by atoms with Crippen LogP contribution >= 0.6 is 0 Å². The van der Waals surface area contributed by atoms with Crippen molar-refractivity contribution in [3.8, 4) is 5.75 Å². The number of nitrogens with zero attached hydrogens (tertiary/aromatic N) is 1. The zero-order valence-electron chi connectivity index (χ0n) is 18.4. The molecule has 0 aromatic heterocycles. The van der Waals surface area contributed by atoms with Gasteiger partial charge in [0.25, 0.3) is 5.91 Å². The molecule has 32 heavy (non-hydrogen) atoms. The number of hydrogen-bond acceptors (Lipinski definition) is 4. The highest BCUT2D eigenvalue weighted by Gasteiger charge is 2.12. The molecule has 3 aromatic carbocycles. The van der Waals surface area contributed by atoms with Crippen molar-refractivity contribution >= 4 is 23.0 Å². The number of anilines is 3. The molecule has 3 aromatic rings. The lowest BCUT2D eigenvalue weighted by atomic mass is 10.1. The average molecular weight is 440 g/mol. The fourth-order valence-electron chi connectivity index (χ4n) is 3.38. The van der Waals surface area contributed by atoms with Crippen LogP contribution < -0.4 is 20.3 Å². The summed E-state index contributed by atoms with van der Waals surface area (Å²) in [5.74, 6) is -1.84. The molecule has 0 aliphatic carbocycles. The molecule has 5 nitrogen and oxygen atoms in total. The topological polar surface area (TPSA) is 53.6 Å². The molecule has 168 valence electrons. The number of hydrogen-bond donors (Lipinski definition) is 2. The lowest BCUT2D eigenvalue weighted by Gasteiger charge is -2.21. The van der Waals surface area contributed by atoms with Crippen LogP contribution in [0.15, 0.2) is 60.7 Å².